The Kier molecular flexibility index (Phi) is 6.56. The van der Waals surface area contributed by atoms with E-state index in [1.165, 1.54) is 18.4 Å². The predicted molar refractivity (Wildman–Crippen MR) is 111 cm³/mol. The van der Waals surface area contributed by atoms with Crippen molar-refractivity contribution in [2.75, 3.05) is 40.2 Å². The number of hydrogen-bond donors (Lipinski definition) is 1. The van der Waals surface area contributed by atoms with Crippen LogP contribution < -0.4 is 10.1 Å². The zero-order chi connectivity index (χ0) is 21.0. The summed E-state index contributed by atoms with van der Waals surface area (Å²) >= 11 is 0. The highest BCUT2D eigenvalue weighted by Crippen LogP contribution is 2.30. The first kappa shape index (κ1) is 21.3. The Morgan fingerprint density at radius 1 is 1.17 bits per heavy atom. The average Bonchev–Trinajstić information content (AvgIpc) is 3.13. The molecule has 1 saturated heterocycles. The van der Waals surface area contributed by atoms with Crippen LogP contribution in [0.3, 0.4) is 0 Å². The fraction of sp³-hybridized carbons (Fsp3) is 0.381. The van der Waals surface area contributed by atoms with E-state index in [9.17, 15) is 13.2 Å². The molecule has 0 saturated carbocycles. The summed E-state index contributed by atoms with van der Waals surface area (Å²) in [5.41, 5.74) is 2.25. The number of ether oxygens (including phenoxy) is 2. The summed E-state index contributed by atoms with van der Waals surface area (Å²) in [5, 5.41) is 2.94. The Morgan fingerprint density at radius 3 is 2.66 bits per heavy atom. The fourth-order valence-corrected chi connectivity index (χ4v) is 4.47. The van der Waals surface area contributed by atoms with Gasteiger partial charge in [-0.2, -0.15) is 0 Å². The largest absolute Gasteiger partial charge is 0.496 e. The standard InChI is InChI=1S/C21H26N2O5S/c1-23(2)29(25,26)14-17-12-28-13-19(17)22-21(24)16-8-6-7-15(11-16)18-9-4-5-10-20(18)27-3/h4-11,17,19H,12-14H2,1-3H3,(H,22,24)/t17-,19+/m0/s1. The van der Waals surface area contributed by atoms with Crippen LogP contribution in [0.1, 0.15) is 10.4 Å². The van der Waals surface area contributed by atoms with E-state index in [2.05, 4.69) is 5.32 Å². The molecule has 8 heteroatoms. The minimum Gasteiger partial charge on any atom is -0.496 e. The first-order valence-corrected chi connectivity index (χ1v) is 10.9. The van der Waals surface area contributed by atoms with Crippen LogP contribution in [0, 0.1) is 5.92 Å². The van der Waals surface area contributed by atoms with Gasteiger partial charge in [0.15, 0.2) is 0 Å². The van der Waals surface area contributed by atoms with Crippen LogP contribution in [0.25, 0.3) is 11.1 Å². The molecule has 0 unspecified atom stereocenters. The molecule has 2 atom stereocenters. The topological polar surface area (TPSA) is 84.9 Å². The molecule has 1 fully saturated rings. The van der Waals surface area contributed by atoms with Gasteiger partial charge in [-0.25, -0.2) is 12.7 Å². The second-order valence-corrected chi connectivity index (χ2v) is 9.45. The molecule has 1 aliphatic heterocycles. The number of sulfonamides is 1. The van der Waals surface area contributed by atoms with Crippen molar-refractivity contribution in [3.63, 3.8) is 0 Å². The molecule has 1 aliphatic rings. The summed E-state index contributed by atoms with van der Waals surface area (Å²) in [4.78, 5) is 12.8. The van der Waals surface area contributed by atoms with Crippen molar-refractivity contribution in [1.82, 2.24) is 9.62 Å². The van der Waals surface area contributed by atoms with E-state index in [4.69, 9.17) is 9.47 Å². The van der Waals surface area contributed by atoms with Crippen LogP contribution >= 0.6 is 0 Å². The Labute approximate surface area is 171 Å². The molecule has 0 aromatic heterocycles. The Bertz CT molecular complexity index is 975. The Morgan fingerprint density at radius 2 is 1.93 bits per heavy atom. The number of rotatable bonds is 7. The minimum absolute atomic E-state index is 0.0633. The summed E-state index contributed by atoms with van der Waals surface area (Å²) in [5.74, 6) is 0.114. The first-order chi connectivity index (χ1) is 13.8. The highest BCUT2D eigenvalue weighted by Gasteiger charge is 2.34. The number of carbonyl (C=O) groups is 1. The second-order valence-electron chi connectivity index (χ2n) is 7.22. The van der Waals surface area contributed by atoms with Crippen LogP contribution in [-0.4, -0.2) is 64.8 Å². The lowest BCUT2D eigenvalue weighted by atomic mass is 10.0. The molecule has 7 nitrogen and oxygen atoms in total. The lowest BCUT2D eigenvalue weighted by Crippen LogP contribution is -2.43. The van der Waals surface area contributed by atoms with Crippen molar-refractivity contribution in [2.45, 2.75) is 6.04 Å². The van der Waals surface area contributed by atoms with Gasteiger partial charge in [0.25, 0.3) is 5.91 Å². The van der Waals surface area contributed by atoms with E-state index in [1.54, 1.807) is 19.2 Å². The minimum atomic E-state index is -3.38. The second kappa shape index (κ2) is 8.94. The molecule has 29 heavy (non-hydrogen) atoms. The zero-order valence-electron chi connectivity index (χ0n) is 16.8. The smallest absolute Gasteiger partial charge is 0.251 e. The predicted octanol–water partition coefficient (Wildman–Crippen LogP) is 2.00. The van der Waals surface area contributed by atoms with Crippen LogP contribution in [0.2, 0.25) is 0 Å². The van der Waals surface area contributed by atoms with Gasteiger partial charge in [0.2, 0.25) is 10.0 Å². The molecule has 2 aromatic rings. The Balaban J connectivity index is 1.76. The molecular formula is C21H26N2O5S. The van der Waals surface area contributed by atoms with Gasteiger partial charge in [-0.15, -0.1) is 0 Å². The van der Waals surface area contributed by atoms with Gasteiger partial charge < -0.3 is 14.8 Å². The zero-order valence-corrected chi connectivity index (χ0v) is 17.6. The number of carbonyl (C=O) groups excluding carboxylic acids is 1. The van der Waals surface area contributed by atoms with Crippen molar-refractivity contribution in [1.29, 1.82) is 0 Å². The van der Waals surface area contributed by atoms with Crippen LogP contribution in [0.15, 0.2) is 48.5 Å². The van der Waals surface area contributed by atoms with Gasteiger partial charge in [0.1, 0.15) is 5.75 Å². The first-order valence-electron chi connectivity index (χ1n) is 9.34. The maximum absolute atomic E-state index is 12.8. The average molecular weight is 419 g/mol. The maximum atomic E-state index is 12.8. The normalized spacial score (nSPS) is 19.3. The third-order valence-electron chi connectivity index (χ3n) is 5.04. The van der Waals surface area contributed by atoms with Gasteiger partial charge in [-0.3, -0.25) is 4.79 Å². The number of benzene rings is 2. The molecular weight excluding hydrogens is 392 g/mol. The SMILES string of the molecule is COc1ccccc1-c1cccc(C(=O)N[C@@H]2COC[C@H]2CS(=O)(=O)N(C)C)c1. The quantitative estimate of drug-likeness (QED) is 0.743. The highest BCUT2D eigenvalue weighted by atomic mass is 32.2. The van der Waals surface area contributed by atoms with Crippen molar-refractivity contribution in [3.05, 3.63) is 54.1 Å². The van der Waals surface area contributed by atoms with E-state index in [0.717, 1.165) is 16.9 Å². The van der Waals surface area contributed by atoms with Crippen molar-refractivity contribution in [2.24, 2.45) is 5.92 Å². The summed E-state index contributed by atoms with van der Waals surface area (Å²) in [6.45, 7) is 0.602. The van der Waals surface area contributed by atoms with Crippen LogP contribution in [0.4, 0.5) is 0 Å². The number of hydrogen-bond acceptors (Lipinski definition) is 5. The summed E-state index contributed by atoms with van der Waals surface area (Å²) in [6.07, 6.45) is 0. The monoisotopic (exact) mass is 418 g/mol. The van der Waals surface area contributed by atoms with Gasteiger partial charge in [0.05, 0.1) is 32.1 Å². The van der Waals surface area contributed by atoms with Gasteiger partial charge in [0, 0.05) is 31.1 Å². The van der Waals surface area contributed by atoms with Crippen molar-refractivity contribution in [3.8, 4) is 16.9 Å². The third-order valence-corrected chi connectivity index (χ3v) is 7.00. The number of amides is 1. The van der Waals surface area contributed by atoms with Crippen molar-refractivity contribution >= 4 is 15.9 Å². The third kappa shape index (κ3) is 4.95. The fourth-order valence-electron chi connectivity index (χ4n) is 3.30. The van der Waals surface area contributed by atoms with E-state index in [1.807, 2.05) is 36.4 Å². The van der Waals surface area contributed by atoms with E-state index >= 15 is 0 Å². The molecule has 1 amide bonds. The lowest BCUT2D eigenvalue weighted by Gasteiger charge is -2.21. The van der Waals surface area contributed by atoms with E-state index in [0.29, 0.717) is 18.8 Å². The lowest BCUT2D eigenvalue weighted by molar-refractivity contribution is 0.0926. The maximum Gasteiger partial charge on any atom is 0.251 e. The Hall–Kier alpha value is -2.42. The molecule has 1 heterocycles. The highest BCUT2D eigenvalue weighted by molar-refractivity contribution is 7.89. The molecule has 1 N–H and O–H groups in total. The van der Waals surface area contributed by atoms with Crippen molar-refractivity contribution < 1.29 is 22.7 Å². The molecule has 2 aromatic carbocycles. The molecule has 0 aliphatic carbocycles. The van der Waals surface area contributed by atoms with Gasteiger partial charge in [-0.05, 0) is 23.8 Å². The van der Waals surface area contributed by atoms with E-state index < -0.39 is 10.0 Å². The van der Waals surface area contributed by atoms with Crippen LogP contribution in [0.5, 0.6) is 5.75 Å². The summed E-state index contributed by atoms with van der Waals surface area (Å²) in [6, 6.07) is 14.5. The van der Waals surface area contributed by atoms with E-state index in [-0.39, 0.29) is 23.6 Å². The molecule has 0 radical (unpaired) electrons. The van der Waals surface area contributed by atoms with Gasteiger partial charge in [-0.1, -0.05) is 30.3 Å². The molecule has 156 valence electrons. The van der Waals surface area contributed by atoms with Gasteiger partial charge >= 0.3 is 0 Å². The number of nitrogens with one attached hydrogen (secondary N) is 1. The summed E-state index contributed by atoms with van der Waals surface area (Å²) in [7, 11) is 1.24. The molecule has 0 spiro atoms. The molecule has 3 rings (SSSR count). The molecule has 0 bridgehead atoms. The summed E-state index contributed by atoms with van der Waals surface area (Å²) < 4.78 is 36.4. The number of nitrogens with zero attached hydrogens (tertiary/aromatic N) is 1. The van der Waals surface area contributed by atoms with Crippen LogP contribution in [-0.2, 0) is 14.8 Å². The number of methoxy groups -OCH3 is 1. The number of para-hydroxylation sites is 1.